The van der Waals surface area contributed by atoms with Crippen LogP contribution in [0.5, 0.6) is 0 Å². The molecule has 11 heavy (non-hydrogen) atoms. The monoisotopic (exact) mass is 152 g/mol. The topological polar surface area (TPSA) is 17.1 Å². The van der Waals surface area contributed by atoms with Crippen LogP contribution in [0, 0.1) is 11.8 Å². The van der Waals surface area contributed by atoms with Crippen LogP contribution >= 0.6 is 0 Å². The Morgan fingerprint density at radius 1 is 1.64 bits per heavy atom. The first-order valence-corrected chi connectivity index (χ1v) is 4.27. The van der Waals surface area contributed by atoms with Crippen LogP contribution in [0.1, 0.15) is 33.6 Å². The van der Waals surface area contributed by atoms with E-state index in [4.69, 9.17) is 0 Å². The summed E-state index contributed by atoms with van der Waals surface area (Å²) in [6.45, 7) is 6.02. The minimum atomic E-state index is 0.290. The molecule has 0 saturated heterocycles. The van der Waals surface area contributed by atoms with E-state index in [9.17, 15) is 4.79 Å². The molecule has 0 saturated carbocycles. The van der Waals surface area contributed by atoms with Gasteiger partial charge in [-0.05, 0) is 32.6 Å². The Bertz CT molecular complexity index is 191. The summed E-state index contributed by atoms with van der Waals surface area (Å²) in [6.07, 6.45) is 4.26. The van der Waals surface area contributed by atoms with Crippen LogP contribution in [-0.2, 0) is 4.79 Å². The van der Waals surface area contributed by atoms with Crippen LogP contribution in [-0.4, -0.2) is 5.78 Å². The minimum Gasteiger partial charge on any atom is -0.300 e. The molecule has 0 aromatic carbocycles. The maximum atomic E-state index is 11.1. The van der Waals surface area contributed by atoms with E-state index in [2.05, 4.69) is 19.9 Å². The molecule has 0 heterocycles. The van der Waals surface area contributed by atoms with Crippen molar-refractivity contribution in [2.24, 2.45) is 11.8 Å². The van der Waals surface area contributed by atoms with Crippen LogP contribution in [0.2, 0.25) is 0 Å². The Labute approximate surface area is 68.5 Å². The number of Topliss-reactive ketones (excluding diaryl/α,β-unsaturated/α-hetero) is 1. The van der Waals surface area contributed by atoms with Gasteiger partial charge < -0.3 is 0 Å². The molecule has 0 N–H and O–H groups in total. The molecular weight excluding hydrogens is 136 g/mol. The number of rotatable bonds is 1. The third kappa shape index (κ3) is 1.92. The second-order valence-corrected chi connectivity index (χ2v) is 3.68. The standard InChI is InChI=1S/C10H16O/c1-7-4-5-10(9(3)11)8(2)6-7/h4,8,10H,5-6H2,1-3H3. The van der Waals surface area contributed by atoms with E-state index < -0.39 is 0 Å². The predicted octanol–water partition coefficient (Wildman–Crippen LogP) is 2.57. The van der Waals surface area contributed by atoms with Crippen molar-refractivity contribution in [2.45, 2.75) is 33.6 Å². The number of hydrogen-bond acceptors (Lipinski definition) is 1. The van der Waals surface area contributed by atoms with E-state index in [-0.39, 0.29) is 0 Å². The number of allylic oxidation sites excluding steroid dienone is 2. The predicted molar refractivity (Wildman–Crippen MR) is 46.3 cm³/mol. The highest BCUT2D eigenvalue weighted by Gasteiger charge is 2.23. The van der Waals surface area contributed by atoms with E-state index in [1.165, 1.54) is 5.57 Å². The molecule has 1 rings (SSSR count). The average molecular weight is 152 g/mol. The molecule has 1 heteroatoms. The summed E-state index contributed by atoms with van der Waals surface area (Å²) in [6, 6.07) is 0. The van der Waals surface area contributed by atoms with Gasteiger partial charge in [0.15, 0.2) is 0 Å². The SMILES string of the molecule is CC(=O)C1CC=C(C)CC1C. The zero-order valence-electron chi connectivity index (χ0n) is 7.55. The van der Waals surface area contributed by atoms with Crippen LogP contribution < -0.4 is 0 Å². The molecule has 1 nitrogen and oxygen atoms in total. The van der Waals surface area contributed by atoms with Gasteiger partial charge in [-0.25, -0.2) is 0 Å². The first kappa shape index (κ1) is 8.51. The van der Waals surface area contributed by atoms with Crippen molar-refractivity contribution in [2.75, 3.05) is 0 Å². The zero-order valence-corrected chi connectivity index (χ0v) is 7.55. The van der Waals surface area contributed by atoms with Crippen molar-refractivity contribution >= 4 is 5.78 Å². The molecule has 62 valence electrons. The Kier molecular flexibility index (Phi) is 2.48. The van der Waals surface area contributed by atoms with Crippen molar-refractivity contribution in [1.29, 1.82) is 0 Å². The molecule has 0 aromatic heterocycles. The van der Waals surface area contributed by atoms with Gasteiger partial charge in [-0.2, -0.15) is 0 Å². The fraction of sp³-hybridized carbons (Fsp3) is 0.700. The lowest BCUT2D eigenvalue weighted by molar-refractivity contribution is -0.122. The minimum absolute atomic E-state index is 0.290. The van der Waals surface area contributed by atoms with Crippen LogP contribution in [0.3, 0.4) is 0 Å². The number of carbonyl (C=O) groups is 1. The molecule has 1 aliphatic rings. The second kappa shape index (κ2) is 3.21. The van der Waals surface area contributed by atoms with Gasteiger partial charge in [-0.1, -0.05) is 18.6 Å². The zero-order chi connectivity index (χ0) is 8.43. The molecule has 0 radical (unpaired) electrons. The molecule has 0 amide bonds. The summed E-state index contributed by atoms with van der Waals surface area (Å²) in [4.78, 5) is 11.1. The van der Waals surface area contributed by atoms with E-state index in [0.29, 0.717) is 17.6 Å². The Morgan fingerprint density at radius 2 is 2.27 bits per heavy atom. The van der Waals surface area contributed by atoms with Crippen LogP contribution in [0.15, 0.2) is 11.6 Å². The number of ketones is 1. The second-order valence-electron chi connectivity index (χ2n) is 3.68. The van der Waals surface area contributed by atoms with Crippen molar-refractivity contribution in [1.82, 2.24) is 0 Å². The molecule has 0 spiro atoms. The van der Waals surface area contributed by atoms with Gasteiger partial charge in [0.05, 0.1) is 0 Å². The molecule has 1 aliphatic carbocycles. The van der Waals surface area contributed by atoms with Crippen LogP contribution in [0.25, 0.3) is 0 Å². The lowest BCUT2D eigenvalue weighted by Gasteiger charge is -2.25. The normalized spacial score (nSPS) is 31.4. The molecule has 0 aliphatic heterocycles. The molecule has 2 atom stereocenters. The third-order valence-electron chi connectivity index (χ3n) is 2.57. The van der Waals surface area contributed by atoms with Crippen molar-refractivity contribution < 1.29 is 4.79 Å². The van der Waals surface area contributed by atoms with Gasteiger partial charge >= 0.3 is 0 Å². The van der Waals surface area contributed by atoms with E-state index in [1.807, 2.05) is 0 Å². The largest absolute Gasteiger partial charge is 0.300 e. The van der Waals surface area contributed by atoms with E-state index in [0.717, 1.165) is 12.8 Å². The summed E-state index contributed by atoms with van der Waals surface area (Å²) in [7, 11) is 0. The summed E-state index contributed by atoms with van der Waals surface area (Å²) in [5.74, 6) is 1.19. The molecule has 0 bridgehead atoms. The molecule has 0 fully saturated rings. The molecular formula is C10H16O. The first-order valence-electron chi connectivity index (χ1n) is 4.27. The summed E-state index contributed by atoms with van der Waals surface area (Å²) < 4.78 is 0. The third-order valence-corrected chi connectivity index (χ3v) is 2.57. The van der Waals surface area contributed by atoms with Gasteiger partial charge in [-0.15, -0.1) is 0 Å². The summed E-state index contributed by atoms with van der Waals surface area (Å²) in [5.41, 5.74) is 1.44. The highest BCUT2D eigenvalue weighted by atomic mass is 16.1. The van der Waals surface area contributed by atoms with Crippen molar-refractivity contribution in [3.8, 4) is 0 Å². The van der Waals surface area contributed by atoms with E-state index in [1.54, 1.807) is 6.92 Å². The lowest BCUT2D eigenvalue weighted by Crippen LogP contribution is -2.22. The highest BCUT2D eigenvalue weighted by molar-refractivity contribution is 5.79. The molecule has 0 aromatic rings. The van der Waals surface area contributed by atoms with Gasteiger partial charge in [0, 0.05) is 5.92 Å². The Morgan fingerprint density at radius 3 is 2.73 bits per heavy atom. The van der Waals surface area contributed by atoms with Gasteiger partial charge in [0.1, 0.15) is 5.78 Å². The first-order chi connectivity index (χ1) is 5.11. The lowest BCUT2D eigenvalue weighted by atomic mass is 9.79. The van der Waals surface area contributed by atoms with Gasteiger partial charge in [0.25, 0.3) is 0 Å². The highest BCUT2D eigenvalue weighted by Crippen LogP contribution is 2.29. The fourth-order valence-corrected chi connectivity index (χ4v) is 1.86. The van der Waals surface area contributed by atoms with Gasteiger partial charge in [0.2, 0.25) is 0 Å². The Balaban J connectivity index is 2.65. The average Bonchev–Trinajstić information content (AvgIpc) is 1.85. The quantitative estimate of drug-likeness (QED) is 0.528. The maximum absolute atomic E-state index is 11.1. The van der Waals surface area contributed by atoms with Crippen molar-refractivity contribution in [3.63, 3.8) is 0 Å². The number of carbonyl (C=O) groups excluding carboxylic acids is 1. The number of hydrogen-bond donors (Lipinski definition) is 0. The Hall–Kier alpha value is -0.590. The summed E-state index contributed by atoms with van der Waals surface area (Å²) in [5, 5.41) is 0. The van der Waals surface area contributed by atoms with Crippen LogP contribution in [0.4, 0.5) is 0 Å². The van der Waals surface area contributed by atoms with Gasteiger partial charge in [-0.3, -0.25) is 4.79 Å². The van der Waals surface area contributed by atoms with E-state index >= 15 is 0 Å². The molecule has 2 unspecified atom stereocenters. The van der Waals surface area contributed by atoms with Crippen molar-refractivity contribution in [3.05, 3.63) is 11.6 Å². The summed E-state index contributed by atoms with van der Waals surface area (Å²) >= 11 is 0. The smallest absolute Gasteiger partial charge is 0.133 e. The maximum Gasteiger partial charge on any atom is 0.133 e. The fourth-order valence-electron chi connectivity index (χ4n) is 1.86.